The number of aromatic nitrogens is 3. The Morgan fingerprint density at radius 3 is 2.42 bits per heavy atom. The minimum Gasteiger partial charge on any atom is -0.312 e. The van der Waals surface area contributed by atoms with Gasteiger partial charge in [-0.05, 0) is 75.6 Å². The molecule has 4 rings (SSSR count). The van der Waals surface area contributed by atoms with Crippen molar-refractivity contribution in [3.05, 3.63) is 76.1 Å². The molecule has 4 aromatic rings. The summed E-state index contributed by atoms with van der Waals surface area (Å²) in [5.74, 6) is 5.74. The summed E-state index contributed by atoms with van der Waals surface area (Å²) in [6.07, 6.45) is -0.0706. The van der Waals surface area contributed by atoms with E-state index in [9.17, 15) is 21.8 Å². The molecule has 0 aliphatic heterocycles. The molecule has 2 atom stereocenters. The molecule has 240 valence electrons. The van der Waals surface area contributed by atoms with E-state index in [0.29, 0.717) is 49.8 Å². The number of hydrogen-bond acceptors (Lipinski definition) is 6. The molecule has 0 radical (unpaired) electrons. The zero-order chi connectivity index (χ0) is 32.9. The molecule has 0 aliphatic carbocycles. The summed E-state index contributed by atoms with van der Waals surface area (Å²) in [6, 6.07) is 9.60. The standard InChI is InChI=1S/C32H34ClF4N5OS2/c1-6-13-44-41-31-28-25(33)10-9-24(30(28)42(40-31)18-27(36)37)23-8-7-22(11-12-32(2,3)45(5)43)39-29(23)26(38-4)16-19-14-20(34)17-21(35)15-19/h7-10,14-15,17,26-27,38H,6,13,16,18H2,1-5H3,(H,40,41). The molecule has 6 nitrogen and oxygen atoms in total. The lowest BCUT2D eigenvalue weighted by Crippen LogP contribution is -2.23. The fourth-order valence-electron chi connectivity index (χ4n) is 4.68. The van der Waals surface area contributed by atoms with Crippen LogP contribution in [0, 0.1) is 23.5 Å². The van der Waals surface area contributed by atoms with E-state index >= 15 is 0 Å². The van der Waals surface area contributed by atoms with E-state index in [0.717, 1.165) is 18.2 Å². The minimum absolute atomic E-state index is 0.153. The van der Waals surface area contributed by atoms with Gasteiger partial charge >= 0.3 is 0 Å². The summed E-state index contributed by atoms with van der Waals surface area (Å²) in [6.45, 7) is 4.88. The van der Waals surface area contributed by atoms with E-state index in [1.807, 2.05) is 6.92 Å². The summed E-state index contributed by atoms with van der Waals surface area (Å²) in [5, 5.41) is 8.48. The van der Waals surface area contributed by atoms with Crippen LogP contribution in [0.15, 0.2) is 42.5 Å². The average Bonchev–Trinajstić information content (AvgIpc) is 3.32. The Bertz CT molecular complexity index is 1750. The molecule has 2 aromatic heterocycles. The number of nitrogens with zero attached hydrogens (tertiary/aromatic N) is 3. The van der Waals surface area contributed by atoms with Crippen LogP contribution in [0.25, 0.3) is 22.0 Å². The molecule has 2 N–H and O–H groups in total. The zero-order valence-corrected chi connectivity index (χ0v) is 27.9. The maximum atomic E-state index is 14.1. The van der Waals surface area contributed by atoms with Gasteiger partial charge in [0.15, 0.2) is 5.82 Å². The number of rotatable bonds is 12. The van der Waals surface area contributed by atoms with Crippen LogP contribution < -0.4 is 10.0 Å². The van der Waals surface area contributed by atoms with Gasteiger partial charge in [-0.1, -0.05) is 42.5 Å². The van der Waals surface area contributed by atoms with Crippen LogP contribution in [0.5, 0.6) is 0 Å². The maximum Gasteiger partial charge on any atom is 0.257 e. The molecule has 0 aliphatic rings. The highest BCUT2D eigenvalue weighted by atomic mass is 35.5. The molecule has 0 fully saturated rings. The molecular formula is C32H34ClF4N5OS2. The van der Waals surface area contributed by atoms with Crippen LogP contribution >= 0.6 is 23.5 Å². The lowest BCUT2D eigenvalue weighted by Gasteiger charge is -2.21. The number of alkyl halides is 2. The highest BCUT2D eigenvalue weighted by molar-refractivity contribution is 8.00. The summed E-state index contributed by atoms with van der Waals surface area (Å²) < 4.78 is 71.7. The van der Waals surface area contributed by atoms with Gasteiger partial charge in [-0.15, -0.1) is 0 Å². The number of pyridine rings is 1. The molecule has 0 amide bonds. The highest BCUT2D eigenvalue weighted by Crippen LogP contribution is 2.40. The van der Waals surface area contributed by atoms with E-state index in [4.69, 9.17) is 16.6 Å². The van der Waals surface area contributed by atoms with Crippen molar-refractivity contribution in [2.75, 3.05) is 23.8 Å². The second kappa shape index (κ2) is 15.0. The molecule has 0 spiro atoms. The van der Waals surface area contributed by atoms with Gasteiger partial charge in [0.25, 0.3) is 6.43 Å². The van der Waals surface area contributed by atoms with E-state index in [1.54, 1.807) is 51.4 Å². The normalized spacial score (nSPS) is 13.1. The van der Waals surface area contributed by atoms with Crippen LogP contribution in [0.1, 0.15) is 50.2 Å². The first-order valence-electron chi connectivity index (χ1n) is 14.2. The largest absolute Gasteiger partial charge is 0.312 e. The highest BCUT2D eigenvalue weighted by Gasteiger charge is 2.25. The number of likely N-dealkylation sites (N-methyl/N-ethyl adjacent to an activating group) is 1. The molecule has 45 heavy (non-hydrogen) atoms. The molecule has 0 saturated carbocycles. The van der Waals surface area contributed by atoms with Gasteiger partial charge in [-0.3, -0.25) is 8.89 Å². The van der Waals surface area contributed by atoms with Crippen LogP contribution in [0.2, 0.25) is 5.02 Å². The molecule has 0 bridgehead atoms. The van der Waals surface area contributed by atoms with Crippen LogP contribution in [0.4, 0.5) is 23.4 Å². The average molecular weight is 680 g/mol. The van der Waals surface area contributed by atoms with Crippen molar-refractivity contribution >= 4 is 51.1 Å². The Kier molecular flexibility index (Phi) is 11.6. The minimum atomic E-state index is -2.69. The van der Waals surface area contributed by atoms with Gasteiger partial charge in [0, 0.05) is 40.0 Å². The van der Waals surface area contributed by atoms with Crippen molar-refractivity contribution in [1.82, 2.24) is 20.1 Å². The Morgan fingerprint density at radius 2 is 1.80 bits per heavy atom. The molecule has 2 heterocycles. The summed E-state index contributed by atoms with van der Waals surface area (Å²) >= 11 is 8.05. The second-order valence-corrected chi connectivity index (χ2v) is 14.1. The van der Waals surface area contributed by atoms with Gasteiger partial charge in [-0.25, -0.2) is 22.5 Å². The molecular weight excluding hydrogens is 646 g/mol. The van der Waals surface area contributed by atoms with Crippen molar-refractivity contribution in [1.29, 1.82) is 0 Å². The lowest BCUT2D eigenvalue weighted by atomic mass is 9.94. The van der Waals surface area contributed by atoms with Gasteiger partial charge in [0.1, 0.15) is 28.6 Å². The van der Waals surface area contributed by atoms with Gasteiger partial charge in [0.2, 0.25) is 0 Å². The first kappa shape index (κ1) is 34.8. The topological polar surface area (TPSA) is 71.8 Å². The van der Waals surface area contributed by atoms with Gasteiger partial charge < -0.3 is 10.0 Å². The van der Waals surface area contributed by atoms with Crippen molar-refractivity contribution in [2.24, 2.45) is 0 Å². The number of fused-ring (bicyclic) bond motifs is 1. The SMILES string of the molecule is CCCSNc1nn(CC(F)F)c2c(-c3ccc(C#CC(C)(C)S(C)=O)nc3C(Cc3cc(F)cc(F)c3)NC)ccc(Cl)c12. The fraction of sp³-hybridized carbons (Fsp3) is 0.375. The lowest BCUT2D eigenvalue weighted by molar-refractivity contribution is 0.123. The number of anilines is 1. The second-order valence-electron chi connectivity index (χ2n) is 10.9. The van der Waals surface area contributed by atoms with Crippen molar-refractivity contribution in [2.45, 2.75) is 57.4 Å². The van der Waals surface area contributed by atoms with Crippen LogP contribution in [-0.2, 0) is 23.8 Å². The van der Waals surface area contributed by atoms with E-state index in [1.165, 1.54) is 28.8 Å². The Hall–Kier alpha value is -3.11. The summed E-state index contributed by atoms with van der Waals surface area (Å²) in [5.41, 5.74) is 2.73. The van der Waals surface area contributed by atoms with E-state index in [-0.39, 0.29) is 6.42 Å². The van der Waals surface area contributed by atoms with Crippen LogP contribution in [0.3, 0.4) is 0 Å². The Balaban J connectivity index is 1.97. The third kappa shape index (κ3) is 8.38. The maximum absolute atomic E-state index is 14.1. The number of nitrogens with one attached hydrogen (secondary N) is 2. The van der Waals surface area contributed by atoms with E-state index < -0.39 is 46.2 Å². The monoisotopic (exact) mass is 679 g/mol. The number of halogens is 5. The first-order valence-corrected chi connectivity index (χ1v) is 17.1. The molecule has 0 saturated heterocycles. The Morgan fingerprint density at radius 1 is 1.11 bits per heavy atom. The third-order valence-electron chi connectivity index (χ3n) is 7.09. The van der Waals surface area contributed by atoms with Crippen molar-refractivity contribution < 1.29 is 21.8 Å². The van der Waals surface area contributed by atoms with Crippen molar-refractivity contribution in [3.8, 4) is 23.0 Å². The smallest absolute Gasteiger partial charge is 0.257 e. The zero-order valence-electron chi connectivity index (χ0n) is 25.5. The quantitative estimate of drug-likeness (QED) is 0.0690. The number of hydrogen-bond donors (Lipinski definition) is 2. The van der Waals surface area contributed by atoms with Gasteiger partial charge in [0.05, 0.1) is 27.7 Å². The molecule has 2 aromatic carbocycles. The Labute approximate surface area is 272 Å². The summed E-state index contributed by atoms with van der Waals surface area (Å²) in [7, 11) is 0.460. The third-order valence-corrected chi connectivity index (χ3v) is 9.90. The van der Waals surface area contributed by atoms with E-state index in [2.05, 4.69) is 27.0 Å². The number of benzene rings is 2. The predicted octanol–water partition coefficient (Wildman–Crippen LogP) is 7.78. The molecule has 2 unspecified atom stereocenters. The van der Waals surface area contributed by atoms with Crippen molar-refractivity contribution in [3.63, 3.8) is 0 Å². The van der Waals surface area contributed by atoms with Gasteiger partial charge in [-0.2, -0.15) is 5.10 Å². The predicted molar refractivity (Wildman–Crippen MR) is 177 cm³/mol. The first-order chi connectivity index (χ1) is 21.3. The molecule has 13 heteroatoms. The fourth-order valence-corrected chi connectivity index (χ4v) is 5.70. The summed E-state index contributed by atoms with van der Waals surface area (Å²) in [4.78, 5) is 4.86. The van der Waals surface area contributed by atoms with Crippen LogP contribution in [-0.4, -0.2) is 49.2 Å².